The van der Waals surface area contributed by atoms with Gasteiger partial charge in [0.25, 0.3) is 0 Å². The lowest BCUT2D eigenvalue weighted by Gasteiger charge is -2.00. The molecule has 0 aliphatic carbocycles. The lowest BCUT2D eigenvalue weighted by atomic mass is 10.3. The minimum absolute atomic E-state index is 0.0486. The van der Waals surface area contributed by atoms with Gasteiger partial charge in [-0.3, -0.25) is 0 Å². The van der Waals surface area contributed by atoms with Gasteiger partial charge in [-0.2, -0.15) is 0 Å². The van der Waals surface area contributed by atoms with Crippen LogP contribution in [0.4, 0.5) is 5.82 Å². The summed E-state index contributed by atoms with van der Waals surface area (Å²) >= 11 is 0. The van der Waals surface area contributed by atoms with Gasteiger partial charge in [-0.25, -0.2) is 4.98 Å². The molecule has 0 saturated carbocycles. The number of hydrogen-bond donors (Lipinski definition) is 1. The number of nitrogens with zero attached hydrogens (tertiary/aromatic N) is 1. The van der Waals surface area contributed by atoms with E-state index in [-0.39, 0.29) is 11.4 Å². The smallest absolute Gasteiger partial charge is 0.123 e. The van der Waals surface area contributed by atoms with Crippen LogP contribution in [0.5, 0.6) is 0 Å². The molecule has 0 bridgehead atoms. The number of aromatic carboxylic acids is 1. The normalized spacial score (nSPS) is 9.20. The Bertz CT molecular complexity index is 260. The van der Waals surface area contributed by atoms with Gasteiger partial charge >= 0.3 is 0 Å². The number of carbonyl (C=O) groups is 1. The fourth-order valence-corrected chi connectivity index (χ4v) is 0.575. The highest BCUT2D eigenvalue weighted by Gasteiger charge is 1.91. The van der Waals surface area contributed by atoms with Gasteiger partial charge in [-0.15, -0.1) is 0 Å². The summed E-state index contributed by atoms with van der Waals surface area (Å²) in [5.41, 5.74) is 5.24. The molecule has 0 spiro atoms. The zero-order valence-corrected chi connectivity index (χ0v) is 5.07. The molecule has 1 aromatic rings. The lowest BCUT2D eigenvalue weighted by Crippen LogP contribution is -2.22. The van der Waals surface area contributed by atoms with E-state index >= 15 is 0 Å². The average molecular weight is 137 g/mol. The molecule has 0 radical (unpaired) electrons. The Hall–Kier alpha value is -1.58. The fourth-order valence-electron chi connectivity index (χ4n) is 0.575. The molecule has 1 heterocycles. The van der Waals surface area contributed by atoms with Gasteiger partial charge in [-0.05, 0) is 12.1 Å². The molecule has 0 aromatic carbocycles. The topological polar surface area (TPSA) is 79.0 Å². The monoisotopic (exact) mass is 137 g/mol. The maximum atomic E-state index is 10.2. The summed E-state index contributed by atoms with van der Waals surface area (Å²) in [5, 5.41) is 10.2. The molecule has 0 aliphatic rings. The highest BCUT2D eigenvalue weighted by atomic mass is 16.4. The van der Waals surface area contributed by atoms with Crippen LogP contribution in [0.15, 0.2) is 18.3 Å². The summed E-state index contributed by atoms with van der Waals surface area (Å²) in [5.74, 6) is -1.06. The second kappa shape index (κ2) is 2.34. The molecular formula is C6H5N2O2-. The van der Waals surface area contributed by atoms with Crippen molar-refractivity contribution in [1.82, 2.24) is 4.98 Å². The number of hydrogen-bond acceptors (Lipinski definition) is 4. The molecule has 0 saturated heterocycles. The maximum absolute atomic E-state index is 10.2. The number of rotatable bonds is 1. The summed E-state index contributed by atoms with van der Waals surface area (Å²) in [6.07, 6.45) is 1.32. The van der Waals surface area contributed by atoms with Crippen molar-refractivity contribution in [3.8, 4) is 0 Å². The summed E-state index contributed by atoms with van der Waals surface area (Å²) < 4.78 is 0. The first-order chi connectivity index (χ1) is 4.70. The van der Waals surface area contributed by atoms with Crippen LogP contribution in [-0.4, -0.2) is 11.0 Å². The molecule has 0 amide bonds. The van der Waals surface area contributed by atoms with E-state index in [0.717, 1.165) is 0 Å². The largest absolute Gasteiger partial charge is 0.545 e. The second-order valence-corrected chi connectivity index (χ2v) is 1.76. The molecule has 4 nitrogen and oxygen atoms in total. The van der Waals surface area contributed by atoms with Crippen LogP contribution in [0.1, 0.15) is 10.4 Å². The highest BCUT2D eigenvalue weighted by molar-refractivity contribution is 5.86. The van der Waals surface area contributed by atoms with Gasteiger partial charge in [0.15, 0.2) is 0 Å². The molecule has 4 heteroatoms. The van der Waals surface area contributed by atoms with Crippen molar-refractivity contribution in [1.29, 1.82) is 0 Å². The van der Waals surface area contributed by atoms with Crippen molar-refractivity contribution >= 4 is 11.8 Å². The minimum Gasteiger partial charge on any atom is -0.545 e. The Morgan fingerprint density at radius 1 is 1.70 bits per heavy atom. The Balaban J connectivity index is 3.07. The summed E-state index contributed by atoms with van der Waals surface area (Å²) in [4.78, 5) is 13.8. The summed E-state index contributed by atoms with van der Waals surface area (Å²) in [7, 11) is 0. The third kappa shape index (κ3) is 1.22. The van der Waals surface area contributed by atoms with E-state index in [2.05, 4.69) is 4.98 Å². The molecule has 0 unspecified atom stereocenters. The molecule has 1 rings (SSSR count). The number of aromatic nitrogens is 1. The van der Waals surface area contributed by atoms with Gasteiger partial charge < -0.3 is 15.6 Å². The van der Waals surface area contributed by atoms with E-state index in [0.29, 0.717) is 0 Å². The van der Waals surface area contributed by atoms with Crippen LogP contribution in [0.3, 0.4) is 0 Å². The number of pyridine rings is 1. The first kappa shape index (κ1) is 6.54. The SMILES string of the molecule is Nc1cc(C(=O)[O-])ccn1. The highest BCUT2D eigenvalue weighted by Crippen LogP contribution is 2.00. The summed E-state index contributed by atoms with van der Waals surface area (Å²) in [6, 6.07) is 2.57. The molecule has 0 fully saturated rings. The fraction of sp³-hybridized carbons (Fsp3) is 0. The zero-order chi connectivity index (χ0) is 7.56. The van der Waals surface area contributed by atoms with Crippen LogP contribution in [0.2, 0.25) is 0 Å². The lowest BCUT2D eigenvalue weighted by molar-refractivity contribution is -0.255. The maximum Gasteiger partial charge on any atom is 0.123 e. The van der Waals surface area contributed by atoms with Crippen LogP contribution in [0.25, 0.3) is 0 Å². The number of carboxylic acid groups (broad SMARTS) is 1. The average Bonchev–Trinajstić information content (AvgIpc) is 1.88. The first-order valence-electron chi connectivity index (χ1n) is 2.63. The van der Waals surface area contributed by atoms with E-state index < -0.39 is 5.97 Å². The van der Waals surface area contributed by atoms with Crippen molar-refractivity contribution < 1.29 is 9.90 Å². The Labute approximate surface area is 57.3 Å². The minimum atomic E-state index is -1.24. The van der Waals surface area contributed by atoms with Gasteiger partial charge in [-0.1, -0.05) is 0 Å². The number of nitrogen functional groups attached to an aromatic ring is 1. The predicted molar refractivity (Wildman–Crippen MR) is 33.0 cm³/mol. The van der Waals surface area contributed by atoms with Crippen molar-refractivity contribution in [2.45, 2.75) is 0 Å². The van der Waals surface area contributed by atoms with Crippen LogP contribution < -0.4 is 10.8 Å². The van der Waals surface area contributed by atoms with Crippen molar-refractivity contribution in [3.05, 3.63) is 23.9 Å². The second-order valence-electron chi connectivity index (χ2n) is 1.76. The first-order valence-corrected chi connectivity index (χ1v) is 2.63. The van der Waals surface area contributed by atoms with Crippen LogP contribution in [-0.2, 0) is 0 Å². The van der Waals surface area contributed by atoms with Crippen molar-refractivity contribution in [3.63, 3.8) is 0 Å². The third-order valence-electron chi connectivity index (χ3n) is 1.02. The third-order valence-corrected chi connectivity index (χ3v) is 1.02. The molecule has 1 aromatic heterocycles. The van der Waals surface area contributed by atoms with Gasteiger partial charge in [0.1, 0.15) is 5.82 Å². The number of nitrogens with two attached hydrogens (primary N) is 1. The predicted octanol–water partition coefficient (Wildman–Crippen LogP) is -0.973. The van der Waals surface area contributed by atoms with E-state index in [1.165, 1.54) is 18.3 Å². The molecule has 52 valence electrons. The number of anilines is 1. The Morgan fingerprint density at radius 3 is 2.80 bits per heavy atom. The zero-order valence-electron chi connectivity index (χ0n) is 5.07. The molecule has 0 atom stereocenters. The molecule has 2 N–H and O–H groups in total. The Kier molecular flexibility index (Phi) is 1.53. The van der Waals surface area contributed by atoms with E-state index in [9.17, 15) is 9.90 Å². The van der Waals surface area contributed by atoms with E-state index in [1.54, 1.807) is 0 Å². The van der Waals surface area contributed by atoms with E-state index in [4.69, 9.17) is 5.73 Å². The van der Waals surface area contributed by atoms with Crippen molar-refractivity contribution in [2.24, 2.45) is 0 Å². The van der Waals surface area contributed by atoms with Crippen LogP contribution in [0, 0.1) is 0 Å². The number of carbonyl (C=O) groups excluding carboxylic acids is 1. The summed E-state index contributed by atoms with van der Waals surface area (Å²) in [6.45, 7) is 0. The standard InChI is InChI=1S/C6H6N2O2/c7-5-3-4(6(9)10)1-2-8-5/h1-3H,(H2,7,8)(H,9,10)/p-1. The molecule has 0 aliphatic heterocycles. The van der Waals surface area contributed by atoms with Crippen molar-refractivity contribution in [2.75, 3.05) is 5.73 Å². The van der Waals surface area contributed by atoms with Gasteiger partial charge in [0.05, 0.1) is 5.97 Å². The van der Waals surface area contributed by atoms with Gasteiger partial charge in [0.2, 0.25) is 0 Å². The number of carboxylic acids is 1. The molecular weight excluding hydrogens is 132 g/mol. The van der Waals surface area contributed by atoms with Gasteiger partial charge in [0, 0.05) is 11.8 Å². The van der Waals surface area contributed by atoms with Crippen LogP contribution >= 0.6 is 0 Å². The quantitative estimate of drug-likeness (QED) is 0.540. The Morgan fingerprint density at radius 2 is 2.40 bits per heavy atom. The molecule has 10 heavy (non-hydrogen) atoms. The van der Waals surface area contributed by atoms with E-state index in [1.807, 2.05) is 0 Å².